The Hall–Kier alpha value is -3.28. The van der Waals surface area contributed by atoms with Crippen molar-refractivity contribution in [1.29, 1.82) is 0 Å². The number of aryl methyl sites for hydroxylation is 1. The van der Waals surface area contributed by atoms with E-state index in [0.717, 1.165) is 36.0 Å². The third kappa shape index (κ3) is 4.52. The number of hydrogen-bond donors (Lipinski definition) is 2. The van der Waals surface area contributed by atoms with Crippen LogP contribution in [0.3, 0.4) is 0 Å². The fourth-order valence-corrected chi connectivity index (χ4v) is 2.97. The van der Waals surface area contributed by atoms with Crippen molar-refractivity contribution >= 4 is 34.3 Å². The number of ether oxygens (including phenoxy) is 1. The highest BCUT2D eigenvalue weighted by atomic mass is 16.5. The summed E-state index contributed by atoms with van der Waals surface area (Å²) in [5.41, 5.74) is 2.90. The van der Waals surface area contributed by atoms with Gasteiger partial charge in [0.25, 0.3) is 0 Å². The first kappa shape index (κ1) is 19.5. The van der Waals surface area contributed by atoms with Gasteiger partial charge in [-0.05, 0) is 43.7 Å². The van der Waals surface area contributed by atoms with Crippen LogP contribution in [0.25, 0.3) is 10.9 Å². The van der Waals surface area contributed by atoms with Crippen LogP contribution in [0.4, 0.5) is 16.2 Å². The van der Waals surface area contributed by atoms with E-state index in [1.807, 2.05) is 37.4 Å². The van der Waals surface area contributed by atoms with E-state index in [9.17, 15) is 9.59 Å². The van der Waals surface area contributed by atoms with E-state index in [1.165, 1.54) is 0 Å². The molecule has 0 spiro atoms. The first-order chi connectivity index (χ1) is 13.6. The minimum absolute atomic E-state index is 0.336. The largest absolute Gasteiger partial charge is 0.462 e. The average Bonchev–Trinajstić information content (AvgIpc) is 3.06. The van der Waals surface area contributed by atoms with Crippen molar-refractivity contribution < 1.29 is 14.3 Å². The highest BCUT2D eigenvalue weighted by Gasteiger charge is 2.11. The average molecular weight is 379 g/mol. The Bertz CT molecular complexity index is 961. The summed E-state index contributed by atoms with van der Waals surface area (Å²) >= 11 is 0. The van der Waals surface area contributed by atoms with Crippen molar-refractivity contribution in [2.24, 2.45) is 0 Å². The molecule has 0 unspecified atom stereocenters. The number of aromatic nitrogens is 1. The van der Waals surface area contributed by atoms with Crippen molar-refractivity contribution in [3.8, 4) is 0 Å². The number of esters is 1. The second-order valence-electron chi connectivity index (χ2n) is 6.49. The number of nitrogens with zero attached hydrogens (tertiary/aromatic N) is 1. The summed E-state index contributed by atoms with van der Waals surface area (Å²) in [7, 11) is 0. The Morgan fingerprint density at radius 2 is 1.75 bits per heavy atom. The zero-order valence-electron chi connectivity index (χ0n) is 16.2. The predicted molar refractivity (Wildman–Crippen MR) is 112 cm³/mol. The Labute approximate surface area is 164 Å². The third-order valence-electron chi connectivity index (χ3n) is 4.49. The van der Waals surface area contributed by atoms with Crippen LogP contribution in [0.5, 0.6) is 0 Å². The molecule has 3 aromatic rings. The molecule has 0 radical (unpaired) electrons. The van der Waals surface area contributed by atoms with Crippen LogP contribution in [-0.2, 0) is 11.3 Å². The van der Waals surface area contributed by atoms with E-state index in [2.05, 4.69) is 22.1 Å². The quantitative estimate of drug-likeness (QED) is 0.434. The molecule has 2 aromatic carbocycles. The van der Waals surface area contributed by atoms with Gasteiger partial charge in [0.2, 0.25) is 0 Å². The molecule has 3 rings (SSSR count). The van der Waals surface area contributed by atoms with Gasteiger partial charge in [0.15, 0.2) is 0 Å². The lowest BCUT2D eigenvalue weighted by Crippen LogP contribution is -2.19. The summed E-state index contributed by atoms with van der Waals surface area (Å²) < 4.78 is 7.27. The monoisotopic (exact) mass is 379 g/mol. The lowest BCUT2D eigenvalue weighted by Gasteiger charge is -2.08. The van der Waals surface area contributed by atoms with Gasteiger partial charge >= 0.3 is 12.0 Å². The minimum Gasteiger partial charge on any atom is -0.462 e. The molecule has 0 fully saturated rings. The van der Waals surface area contributed by atoms with Crippen LogP contribution in [0.15, 0.2) is 54.7 Å². The van der Waals surface area contributed by atoms with Crippen LogP contribution >= 0.6 is 0 Å². The molecule has 0 aliphatic carbocycles. The van der Waals surface area contributed by atoms with Gasteiger partial charge in [0, 0.05) is 23.8 Å². The molecular weight excluding hydrogens is 354 g/mol. The highest BCUT2D eigenvalue weighted by Crippen LogP contribution is 2.26. The number of para-hydroxylation sites is 1. The number of hydrogen-bond acceptors (Lipinski definition) is 3. The SMILES string of the molecule is CCCCOC(=O)c1ccc(NC(=O)Nc2cn(CC)c3ccccc23)cc1. The topological polar surface area (TPSA) is 72.4 Å². The molecule has 28 heavy (non-hydrogen) atoms. The van der Waals surface area contributed by atoms with Gasteiger partial charge in [0.05, 0.1) is 23.4 Å². The minimum atomic E-state index is -0.350. The lowest BCUT2D eigenvalue weighted by molar-refractivity contribution is 0.0500. The Morgan fingerprint density at radius 1 is 1.00 bits per heavy atom. The van der Waals surface area contributed by atoms with Crippen molar-refractivity contribution in [3.63, 3.8) is 0 Å². The summed E-state index contributed by atoms with van der Waals surface area (Å²) in [6, 6.07) is 14.3. The number of unbranched alkanes of at least 4 members (excludes halogenated alkanes) is 1. The molecule has 1 heterocycles. The van der Waals surface area contributed by atoms with E-state index >= 15 is 0 Å². The van der Waals surface area contributed by atoms with Crippen LogP contribution in [0.1, 0.15) is 37.0 Å². The summed E-state index contributed by atoms with van der Waals surface area (Å²) in [5, 5.41) is 6.68. The number of carbonyl (C=O) groups excluding carboxylic acids is 2. The summed E-state index contributed by atoms with van der Waals surface area (Å²) in [5.74, 6) is -0.350. The Kier molecular flexibility index (Phi) is 6.32. The fourth-order valence-electron chi connectivity index (χ4n) is 2.97. The zero-order chi connectivity index (χ0) is 19.9. The number of amides is 2. The van der Waals surface area contributed by atoms with Crippen LogP contribution in [0.2, 0.25) is 0 Å². The highest BCUT2D eigenvalue weighted by molar-refractivity contribution is 6.06. The van der Waals surface area contributed by atoms with Gasteiger partial charge in [-0.3, -0.25) is 0 Å². The van der Waals surface area contributed by atoms with Crippen LogP contribution in [0, 0.1) is 0 Å². The van der Waals surface area contributed by atoms with Crippen LogP contribution in [-0.4, -0.2) is 23.2 Å². The molecule has 2 amide bonds. The standard InChI is InChI=1S/C22H25N3O3/c1-3-5-14-28-21(26)16-10-12-17(13-11-16)23-22(27)24-19-15-25(4-2)20-9-7-6-8-18(19)20/h6-13,15H,3-5,14H2,1-2H3,(H2,23,24,27). The second-order valence-corrected chi connectivity index (χ2v) is 6.49. The molecular formula is C22H25N3O3. The molecule has 1 aromatic heterocycles. The van der Waals surface area contributed by atoms with Gasteiger partial charge < -0.3 is 19.9 Å². The van der Waals surface area contributed by atoms with Crippen molar-refractivity contribution in [2.45, 2.75) is 33.2 Å². The molecule has 2 N–H and O–H groups in total. The molecule has 0 saturated carbocycles. The number of benzene rings is 2. The van der Waals surface area contributed by atoms with Crippen molar-refractivity contribution in [2.75, 3.05) is 17.2 Å². The maximum absolute atomic E-state index is 12.4. The fraction of sp³-hybridized carbons (Fsp3) is 0.273. The van der Waals surface area contributed by atoms with E-state index in [0.29, 0.717) is 17.9 Å². The number of anilines is 2. The molecule has 0 saturated heterocycles. The molecule has 6 nitrogen and oxygen atoms in total. The first-order valence-corrected chi connectivity index (χ1v) is 9.55. The van der Waals surface area contributed by atoms with Crippen molar-refractivity contribution in [1.82, 2.24) is 4.57 Å². The zero-order valence-corrected chi connectivity index (χ0v) is 16.2. The van der Waals surface area contributed by atoms with Gasteiger partial charge in [-0.15, -0.1) is 0 Å². The maximum atomic E-state index is 12.4. The number of urea groups is 1. The third-order valence-corrected chi connectivity index (χ3v) is 4.49. The number of nitrogens with one attached hydrogen (secondary N) is 2. The van der Waals surface area contributed by atoms with E-state index in [-0.39, 0.29) is 12.0 Å². The van der Waals surface area contributed by atoms with Crippen LogP contribution < -0.4 is 10.6 Å². The molecule has 0 atom stereocenters. The predicted octanol–water partition coefficient (Wildman–Crippen LogP) is 5.26. The van der Waals surface area contributed by atoms with Gasteiger partial charge in [-0.2, -0.15) is 0 Å². The summed E-state index contributed by atoms with van der Waals surface area (Å²) in [6.07, 6.45) is 3.75. The molecule has 0 bridgehead atoms. The first-order valence-electron chi connectivity index (χ1n) is 9.55. The van der Waals surface area contributed by atoms with Gasteiger partial charge in [-0.25, -0.2) is 9.59 Å². The number of rotatable bonds is 7. The molecule has 0 aliphatic rings. The van der Waals surface area contributed by atoms with E-state index in [1.54, 1.807) is 24.3 Å². The molecule has 146 valence electrons. The molecule has 6 heteroatoms. The maximum Gasteiger partial charge on any atom is 0.338 e. The normalized spacial score (nSPS) is 10.6. The Balaban J connectivity index is 1.63. The lowest BCUT2D eigenvalue weighted by atomic mass is 10.2. The summed E-state index contributed by atoms with van der Waals surface area (Å²) in [4.78, 5) is 24.3. The number of carbonyl (C=O) groups is 2. The van der Waals surface area contributed by atoms with Gasteiger partial charge in [0.1, 0.15) is 0 Å². The Morgan fingerprint density at radius 3 is 2.46 bits per heavy atom. The van der Waals surface area contributed by atoms with E-state index < -0.39 is 0 Å². The number of fused-ring (bicyclic) bond motifs is 1. The molecule has 0 aliphatic heterocycles. The smallest absolute Gasteiger partial charge is 0.338 e. The summed E-state index contributed by atoms with van der Waals surface area (Å²) in [6.45, 7) is 5.34. The second kappa shape index (κ2) is 9.08. The van der Waals surface area contributed by atoms with E-state index in [4.69, 9.17) is 4.74 Å². The van der Waals surface area contributed by atoms with Crippen molar-refractivity contribution in [3.05, 3.63) is 60.3 Å². The van der Waals surface area contributed by atoms with Gasteiger partial charge in [-0.1, -0.05) is 31.5 Å².